The number of aromatic nitrogens is 2. The zero-order valence-electron chi connectivity index (χ0n) is 21.5. The van der Waals surface area contributed by atoms with E-state index in [2.05, 4.69) is 20.4 Å². The van der Waals surface area contributed by atoms with Gasteiger partial charge in [0.25, 0.3) is 0 Å². The topological polar surface area (TPSA) is 90.9 Å². The molecule has 0 saturated carbocycles. The summed E-state index contributed by atoms with van der Waals surface area (Å²) in [5, 5.41) is 11.8. The molecular formula is C26H38N6O3. The minimum absolute atomic E-state index is 0.0133. The van der Waals surface area contributed by atoms with Crippen molar-refractivity contribution in [3.63, 3.8) is 0 Å². The zero-order chi connectivity index (χ0) is 25.4. The lowest BCUT2D eigenvalue weighted by Gasteiger charge is -2.31. The molecule has 3 amide bonds. The highest BCUT2D eigenvalue weighted by molar-refractivity contribution is 5.84. The predicted molar refractivity (Wildman–Crippen MR) is 138 cm³/mol. The van der Waals surface area contributed by atoms with Gasteiger partial charge in [0.15, 0.2) is 5.82 Å². The van der Waals surface area contributed by atoms with Crippen molar-refractivity contribution in [3.05, 3.63) is 36.4 Å². The molecule has 0 spiro atoms. The van der Waals surface area contributed by atoms with E-state index in [4.69, 9.17) is 4.74 Å². The van der Waals surface area contributed by atoms with E-state index in [1.165, 1.54) is 0 Å². The molecule has 35 heavy (non-hydrogen) atoms. The lowest BCUT2D eigenvalue weighted by atomic mass is 10.1. The number of urea groups is 1. The molecule has 1 N–H and O–H groups in total. The van der Waals surface area contributed by atoms with Gasteiger partial charge in [-0.15, -0.1) is 10.2 Å². The van der Waals surface area contributed by atoms with Crippen LogP contribution in [0.1, 0.15) is 40.5 Å². The molecule has 1 aromatic carbocycles. The molecule has 1 saturated heterocycles. The fraction of sp³-hybridized carbons (Fsp3) is 0.538. The summed E-state index contributed by atoms with van der Waals surface area (Å²) in [6.07, 6.45) is 1.62. The van der Waals surface area contributed by atoms with E-state index in [0.717, 1.165) is 42.2 Å². The minimum atomic E-state index is -0.189. The number of carbonyl (C=O) groups excluding carboxylic acids is 2. The van der Waals surface area contributed by atoms with Crippen molar-refractivity contribution in [3.8, 4) is 17.0 Å². The van der Waals surface area contributed by atoms with Gasteiger partial charge in [-0.25, -0.2) is 4.79 Å². The predicted octanol–water partition coefficient (Wildman–Crippen LogP) is 3.41. The summed E-state index contributed by atoms with van der Waals surface area (Å²) in [6, 6.07) is 11.5. The number of nitrogens with one attached hydrogen (secondary N) is 1. The largest absolute Gasteiger partial charge is 0.497 e. The Morgan fingerprint density at radius 1 is 1.03 bits per heavy atom. The Morgan fingerprint density at radius 2 is 1.77 bits per heavy atom. The molecule has 0 radical (unpaired) electrons. The van der Waals surface area contributed by atoms with Crippen molar-refractivity contribution < 1.29 is 14.3 Å². The fourth-order valence-corrected chi connectivity index (χ4v) is 4.03. The van der Waals surface area contributed by atoms with Gasteiger partial charge in [-0.2, -0.15) is 0 Å². The van der Waals surface area contributed by atoms with Crippen LogP contribution < -0.4 is 15.0 Å². The molecule has 0 bridgehead atoms. The van der Waals surface area contributed by atoms with Gasteiger partial charge in [0, 0.05) is 43.8 Å². The molecule has 2 aromatic rings. The number of amides is 3. The highest BCUT2D eigenvalue weighted by Gasteiger charge is 2.26. The van der Waals surface area contributed by atoms with E-state index in [1.807, 2.05) is 69.0 Å². The van der Waals surface area contributed by atoms with Crippen molar-refractivity contribution in [2.24, 2.45) is 0 Å². The number of hydrogen-bond acceptors (Lipinski definition) is 6. The van der Waals surface area contributed by atoms with Crippen molar-refractivity contribution in [1.82, 2.24) is 25.3 Å². The Hall–Kier alpha value is -3.36. The number of benzene rings is 1. The summed E-state index contributed by atoms with van der Waals surface area (Å²) < 4.78 is 5.21. The van der Waals surface area contributed by atoms with E-state index in [0.29, 0.717) is 19.6 Å². The maximum atomic E-state index is 13.1. The number of rotatable bonds is 8. The smallest absolute Gasteiger partial charge is 0.318 e. The second kappa shape index (κ2) is 12.4. The Bertz CT molecular complexity index is 964. The molecule has 0 aliphatic carbocycles. The third-order valence-corrected chi connectivity index (χ3v) is 6.31. The highest BCUT2D eigenvalue weighted by Crippen LogP contribution is 2.22. The van der Waals surface area contributed by atoms with Gasteiger partial charge in [-0.3, -0.25) is 4.79 Å². The second-order valence-corrected chi connectivity index (χ2v) is 9.22. The van der Waals surface area contributed by atoms with Crippen molar-refractivity contribution >= 4 is 17.8 Å². The van der Waals surface area contributed by atoms with Gasteiger partial charge in [-0.05, 0) is 70.0 Å². The van der Waals surface area contributed by atoms with E-state index < -0.39 is 0 Å². The van der Waals surface area contributed by atoms with Crippen LogP contribution in [-0.4, -0.2) is 83.9 Å². The molecular weight excluding hydrogens is 444 g/mol. The monoisotopic (exact) mass is 482 g/mol. The van der Waals surface area contributed by atoms with Gasteiger partial charge in [0.05, 0.1) is 12.8 Å². The van der Waals surface area contributed by atoms with Gasteiger partial charge < -0.3 is 24.8 Å². The minimum Gasteiger partial charge on any atom is -0.497 e. The van der Waals surface area contributed by atoms with Crippen molar-refractivity contribution in [1.29, 1.82) is 0 Å². The molecule has 1 fully saturated rings. The first-order valence-corrected chi connectivity index (χ1v) is 12.4. The average molecular weight is 483 g/mol. The van der Waals surface area contributed by atoms with E-state index in [-0.39, 0.29) is 30.6 Å². The number of hydrogen-bond donors (Lipinski definition) is 1. The Balaban J connectivity index is 1.60. The molecule has 1 atom stereocenters. The van der Waals surface area contributed by atoms with Crippen LogP contribution in [0.15, 0.2) is 36.4 Å². The van der Waals surface area contributed by atoms with Gasteiger partial charge in [-0.1, -0.05) is 6.92 Å². The molecule has 9 heteroatoms. The molecule has 190 valence electrons. The SMILES string of the molecule is CC[C@H](C)N(CC(=O)N1CCCN(c2ccc(-c3ccc(OC)cc3)nn2)CC1)C(=O)NC(C)C. The first-order valence-electron chi connectivity index (χ1n) is 12.4. The summed E-state index contributed by atoms with van der Waals surface area (Å²) in [5.41, 5.74) is 1.78. The third kappa shape index (κ3) is 7.07. The fourth-order valence-electron chi connectivity index (χ4n) is 4.03. The Kier molecular flexibility index (Phi) is 9.28. The van der Waals surface area contributed by atoms with Crippen LogP contribution in [0.2, 0.25) is 0 Å². The molecule has 1 aliphatic rings. The molecule has 1 aliphatic heterocycles. The maximum absolute atomic E-state index is 13.1. The van der Waals surface area contributed by atoms with Crippen LogP contribution in [-0.2, 0) is 4.79 Å². The summed E-state index contributed by atoms with van der Waals surface area (Å²) in [6.45, 7) is 10.6. The normalized spacial score (nSPS) is 14.9. The number of nitrogens with zero attached hydrogens (tertiary/aromatic N) is 5. The molecule has 2 heterocycles. The Morgan fingerprint density at radius 3 is 2.37 bits per heavy atom. The van der Waals surface area contributed by atoms with Gasteiger partial charge in [0.2, 0.25) is 5.91 Å². The Labute approximate surface area is 208 Å². The number of anilines is 1. The first-order chi connectivity index (χ1) is 16.8. The number of methoxy groups -OCH3 is 1. The lowest BCUT2D eigenvalue weighted by Crippen LogP contribution is -2.51. The summed E-state index contributed by atoms with van der Waals surface area (Å²) >= 11 is 0. The van der Waals surface area contributed by atoms with Crippen LogP contribution in [0, 0.1) is 0 Å². The molecule has 9 nitrogen and oxygen atoms in total. The number of ether oxygens (including phenoxy) is 1. The van der Waals surface area contributed by atoms with Crippen LogP contribution in [0.5, 0.6) is 5.75 Å². The molecule has 0 unspecified atom stereocenters. The summed E-state index contributed by atoms with van der Waals surface area (Å²) in [7, 11) is 1.64. The summed E-state index contributed by atoms with van der Waals surface area (Å²) in [5.74, 6) is 1.58. The van der Waals surface area contributed by atoms with E-state index >= 15 is 0 Å². The van der Waals surface area contributed by atoms with Crippen molar-refractivity contribution in [2.75, 3.05) is 44.7 Å². The molecule has 3 rings (SSSR count). The lowest BCUT2D eigenvalue weighted by molar-refractivity contribution is -0.132. The average Bonchev–Trinajstić information content (AvgIpc) is 3.13. The number of carbonyl (C=O) groups is 2. The van der Waals surface area contributed by atoms with E-state index in [9.17, 15) is 9.59 Å². The summed E-state index contributed by atoms with van der Waals surface area (Å²) in [4.78, 5) is 31.4. The maximum Gasteiger partial charge on any atom is 0.318 e. The van der Waals surface area contributed by atoms with Gasteiger partial charge >= 0.3 is 6.03 Å². The van der Waals surface area contributed by atoms with Gasteiger partial charge in [0.1, 0.15) is 12.3 Å². The van der Waals surface area contributed by atoms with Crippen molar-refractivity contribution in [2.45, 2.75) is 52.6 Å². The third-order valence-electron chi connectivity index (χ3n) is 6.31. The molecule has 1 aromatic heterocycles. The second-order valence-electron chi connectivity index (χ2n) is 9.22. The van der Waals surface area contributed by atoms with Crippen LogP contribution in [0.25, 0.3) is 11.3 Å². The van der Waals surface area contributed by atoms with E-state index in [1.54, 1.807) is 12.0 Å². The van der Waals surface area contributed by atoms with Crippen LogP contribution >= 0.6 is 0 Å². The van der Waals surface area contributed by atoms with Crippen LogP contribution in [0.4, 0.5) is 10.6 Å². The highest BCUT2D eigenvalue weighted by atomic mass is 16.5. The standard InChI is InChI=1S/C26H38N6O3/c1-6-20(4)32(26(34)27-19(2)3)18-25(33)31-15-7-14-30(16-17-31)24-13-12-23(28-29-24)21-8-10-22(35-5)11-9-21/h8-13,19-20H,6-7,14-18H2,1-5H3,(H,27,34)/t20-/m0/s1. The first kappa shape index (κ1) is 26.2. The quantitative estimate of drug-likeness (QED) is 0.620. The zero-order valence-corrected chi connectivity index (χ0v) is 21.5. The van der Waals surface area contributed by atoms with Crippen LogP contribution in [0.3, 0.4) is 0 Å².